The number of carbonyl (C=O) groups is 1. The highest BCUT2D eigenvalue weighted by Crippen LogP contribution is 2.34. The van der Waals surface area contributed by atoms with E-state index in [1.54, 1.807) is 43.1 Å². The van der Waals surface area contributed by atoms with Gasteiger partial charge in [-0.2, -0.15) is 4.98 Å². The molecule has 0 atom stereocenters. The smallest absolute Gasteiger partial charge is 0.325 e. The van der Waals surface area contributed by atoms with Crippen molar-refractivity contribution in [2.45, 2.75) is 6.92 Å². The van der Waals surface area contributed by atoms with Gasteiger partial charge in [-0.05, 0) is 36.6 Å². The van der Waals surface area contributed by atoms with Crippen LogP contribution in [-0.4, -0.2) is 36.3 Å². The lowest BCUT2D eigenvalue weighted by molar-refractivity contribution is -0.141. The van der Waals surface area contributed by atoms with Gasteiger partial charge in [0, 0.05) is 12.6 Å². The van der Waals surface area contributed by atoms with Gasteiger partial charge < -0.3 is 14.2 Å². The summed E-state index contributed by atoms with van der Waals surface area (Å²) < 4.78 is 10.3. The zero-order chi connectivity index (χ0) is 18.7. The van der Waals surface area contributed by atoms with E-state index < -0.39 is 0 Å². The second-order valence-electron chi connectivity index (χ2n) is 5.35. The number of hydrogen-bond donors (Lipinski definition) is 0. The van der Waals surface area contributed by atoms with Crippen LogP contribution in [0, 0.1) is 0 Å². The summed E-state index contributed by atoms with van der Waals surface area (Å²) in [5.41, 5.74) is 1.38. The fourth-order valence-electron chi connectivity index (χ4n) is 2.31. The first-order valence-corrected chi connectivity index (χ1v) is 9.37. The molecule has 136 valence electrons. The number of hydrogen-bond acceptors (Lipinski definition) is 7. The lowest BCUT2D eigenvalue weighted by Crippen LogP contribution is -2.27. The summed E-state index contributed by atoms with van der Waals surface area (Å²) in [6.45, 7) is 2.18. The molecule has 2 heterocycles. The molecule has 0 unspecified atom stereocenters. The summed E-state index contributed by atoms with van der Waals surface area (Å²) in [6.07, 6.45) is 0. The molecule has 0 saturated heterocycles. The lowest BCUT2D eigenvalue weighted by Gasteiger charge is -2.20. The van der Waals surface area contributed by atoms with Gasteiger partial charge in [-0.1, -0.05) is 28.4 Å². The minimum atomic E-state index is -0.328. The molecule has 6 nitrogen and oxygen atoms in total. The Morgan fingerprint density at radius 1 is 1.31 bits per heavy atom. The SMILES string of the molecule is CCOC(=O)CN(C)c1cc(-c2noc(-c3sccc3Cl)n2)ccc1Cl. The number of thiophene rings is 1. The average Bonchev–Trinajstić information content (AvgIpc) is 3.24. The molecule has 0 spiro atoms. The summed E-state index contributed by atoms with van der Waals surface area (Å²) in [7, 11) is 1.76. The highest BCUT2D eigenvalue weighted by atomic mass is 35.5. The fraction of sp³-hybridized carbons (Fsp3) is 0.235. The van der Waals surface area contributed by atoms with Crippen molar-refractivity contribution in [3.8, 4) is 22.2 Å². The zero-order valence-electron chi connectivity index (χ0n) is 14.0. The van der Waals surface area contributed by atoms with Crippen LogP contribution in [0.5, 0.6) is 0 Å². The Morgan fingerprint density at radius 2 is 2.12 bits per heavy atom. The van der Waals surface area contributed by atoms with E-state index in [0.29, 0.717) is 39.6 Å². The highest BCUT2D eigenvalue weighted by molar-refractivity contribution is 7.14. The van der Waals surface area contributed by atoms with Crippen molar-refractivity contribution in [3.05, 3.63) is 39.7 Å². The van der Waals surface area contributed by atoms with E-state index in [9.17, 15) is 4.79 Å². The minimum Gasteiger partial charge on any atom is -0.465 e. The molecule has 1 aromatic carbocycles. The molecular formula is C17H15Cl2N3O3S. The number of benzene rings is 1. The summed E-state index contributed by atoms with van der Waals surface area (Å²) in [4.78, 5) is 18.5. The van der Waals surface area contributed by atoms with Crippen LogP contribution in [0.2, 0.25) is 10.0 Å². The van der Waals surface area contributed by atoms with Gasteiger partial charge in [0.15, 0.2) is 0 Å². The Labute approximate surface area is 164 Å². The highest BCUT2D eigenvalue weighted by Gasteiger charge is 2.17. The predicted molar refractivity (Wildman–Crippen MR) is 103 cm³/mol. The van der Waals surface area contributed by atoms with Crippen molar-refractivity contribution >= 4 is 46.2 Å². The van der Waals surface area contributed by atoms with Gasteiger partial charge in [0.05, 0.1) is 22.3 Å². The zero-order valence-corrected chi connectivity index (χ0v) is 16.4. The Hall–Kier alpha value is -2.09. The minimum absolute atomic E-state index is 0.0826. The van der Waals surface area contributed by atoms with Crippen LogP contribution in [0.25, 0.3) is 22.2 Å². The van der Waals surface area contributed by atoms with Gasteiger partial charge in [0.1, 0.15) is 11.4 Å². The van der Waals surface area contributed by atoms with Crippen LogP contribution in [0.3, 0.4) is 0 Å². The van der Waals surface area contributed by atoms with Crippen LogP contribution in [-0.2, 0) is 9.53 Å². The summed E-state index contributed by atoms with van der Waals surface area (Å²) in [5, 5.41) is 6.94. The van der Waals surface area contributed by atoms with E-state index in [1.165, 1.54) is 11.3 Å². The summed E-state index contributed by atoms with van der Waals surface area (Å²) in [6, 6.07) is 7.08. The average molecular weight is 412 g/mol. The van der Waals surface area contributed by atoms with Crippen molar-refractivity contribution in [2.24, 2.45) is 0 Å². The Balaban J connectivity index is 1.87. The molecule has 0 aliphatic heterocycles. The quantitative estimate of drug-likeness (QED) is 0.544. The molecule has 0 fully saturated rings. The fourth-order valence-corrected chi connectivity index (χ4v) is 3.63. The van der Waals surface area contributed by atoms with Crippen LogP contribution < -0.4 is 4.90 Å². The molecule has 0 N–H and O–H groups in total. The second-order valence-corrected chi connectivity index (χ2v) is 7.08. The third-order valence-corrected chi connectivity index (χ3v) is 5.17. The van der Waals surface area contributed by atoms with Gasteiger partial charge >= 0.3 is 5.97 Å². The van der Waals surface area contributed by atoms with Gasteiger partial charge in [0.25, 0.3) is 5.89 Å². The standard InChI is InChI=1S/C17H15Cl2N3O3S/c1-3-24-14(23)9-22(2)13-8-10(4-5-11(13)18)16-20-17(25-21-16)15-12(19)6-7-26-15/h4-8H,3,9H2,1-2H3. The van der Waals surface area contributed by atoms with Gasteiger partial charge in [-0.25, -0.2) is 0 Å². The number of aromatic nitrogens is 2. The number of likely N-dealkylation sites (N-methyl/N-ethyl adjacent to an activating group) is 1. The number of anilines is 1. The molecule has 0 amide bonds. The van der Waals surface area contributed by atoms with Crippen LogP contribution in [0.15, 0.2) is 34.2 Å². The van der Waals surface area contributed by atoms with E-state index in [1.807, 2.05) is 5.38 Å². The molecule has 0 aliphatic rings. The first kappa shape index (κ1) is 18.7. The number of esters is 1. The molecule has 0 radical (unpaired) electrons. The number of halogens is 2. The molecule has 3 aromatic rings. The molecule has 26 heavy (non-hydrogen) atoms. The van der Waals surface area contributed by atoms with E-state index in [0.717, 1.165) is 4.88 Å². The van der Waals surface area contributed by atoms with Crippen molar-refractivity contribution in [3.63, 3.8) is 0 Å². The maximum Gasteiger partial charge on any atom is 0.325 e. The van der Waals surface area contributed by atoms with Crippen molar-refractivity contribution < 1.29 is 14.1 Å². The molecule has 0 saturated carbocycles. The first-order valence-electron chi connectivity index (χ1n) is 7.73. The number of rotatable bonds is 6. The molecule has 2 aromatic heterocycles. The number of ether oxygens (including phenoxy) is 1. The molecule has 3 rings (SSSR count). The van der Waals surface area contributed by atoms with E-state index >= 15 is 0 Å². The molecule has 9 heteroatoms. The third-order valence-electron chi connectivity index (χ3n) is 3.52. The summed E-state index contributed by atoms with van der Waals surface area (Å²) in [5.74, 6) is 0.439. The van der Waals surface area contributed by atoms with E-state index in [4.69, 9.17) is 32.5 Å². The maximum absolute atomic E-state index is 11.7. The Kier molecular flexibility index (Phi) is 5.80. The second kappa shape index (κ2) is 8.07. The van der Waals surface area contributed by atoms with E-state index in [-0.39, 0.29) is 12.5 Å². The molecule has 0 bridgehead atoms. The number of nitrogens with zero attached hydrogens (tertiary/aromatic N) is 3. The van der Waals surface area contributed by atoms with Gasteiger partial charge in [-0.3, -0.25) is 4.79 Å². The van der Waals surface area contributed by atoms with E-state index in [2.05, 4.69) is 10.1 Å². The molecular weight excluding hydrogens is 397 g/mol. The summed E-state index contributed by atoms with van der Waals surface area (Å²) >= 11 is 13.8. The maximum atomic E-state index is 11.7. The monoisotopic (exact) mass is 411 g/mol. The van der Waals surface area contributed by atoms with Crippen molar-refractivity contribution in [1.29, 1.82) is 0 Å². The normalized spacial score (nSPS) is 10.8. The first-order chi connectivity index (χ1) is 12.5. The number of carbonyl (C=O) groups excluding carboxylic acids is 1. The topological polar surface area (TPSA) is 68.5 Å². The third kappa shape index (κ3) is 4.00. The van der Waals surface area contributed by atoms with Crippen LogP contribution in [0.1, 0.15) is 6.92 Å². The Bertz CT molecular complexity index is 926. The van der Waals surface area contributed by atoms with Crippen LogP contribution >= 0.6 is 34.5 Å². The van der Waals surface area contributed by atoms with Crippen molar-refractivity contribution in [1.82, 2.24) is 10.1 Å². The largest absolute Gasteiger partial charge is 0.465 e. The van der Waals surface area contributed by atoms with Crippen molar-refractivity contribution in [2.75, 3.05) is 25.1 Å². The Morgan fingerprint density at radius 3 is 2.81 bits per heavy atom. The van der Waals surface area contributed by atoms with Crippen LogP contribution in [0.4, 0.5) is 5.69 Å². The predicted octanol–water partition coefficient (Wildman–Crippen LogP) is 4.77. The lowest BCUT2D eigenvalue weighted by atomic mass is 10.2. The van der Waals surface area contributed by atoms with Gasteiger partial charge in [-0.15, -0.1) is 11.3 Å². The van der Waals surface area contributed by atoms with Gasteiger partial charge in [0.2, 0.25) is 5.82 Å². The molecule has 0 aliphatic carbocycles.